The fourth-order valence-electron chi connectivity index (χ4n) is 4.00. The maximum atomic E-state index is 13.0. The van der Waals surface area contributed by atoms with Crippen molar-refractivity contribution < 1.29 is 37.7 Å². The van der Waals surface area contributed by atoms with Crippen molar-refractivity contribution in [2.75, 3.05) is 82.6 Å². The molecule has 2 aliphatic rings. The van der Waals surface area contributed by atoms with E-state index in [1.807, 2.05) is 42.3 Å². The number of barbiturate groups is 2. The number of imide groups is 4. The maximum absolute atomic E-state index is 13.0. The lowest BCUT2D eigenvalue weighted by Gasteiger charge is -2.34. The van der Waals surface area contributed by atoms with Crippen LogP contribution < -0.4 is 0 Å². The first-order valence-electron chi connectivity index (χ1n) is 12.2. The van der Waals surface area contributed by atoms with Crippen LogP contribution in [0.1, 0.15) is 12.8 Å². The van der Waals surface area contributed by atoms with Crippen LogP contribution in [-0.4, -0.2) is 147 Å². The summed E-state index contributed by atoms with van der Waals surface area (Å²) in [6, 6.07) is -1.37. The summed E-state index contributed by atoms with van der Waals surface area (Å²) < 4.78 is 1.32. The second kappa shape index (κ2) is 11.3. The number of hydrogen-bond donors (Lipinski definition) is 0. The van der Waals surface area contributed by atoms with Crippen LogP contribution in [0.2, 0.25) is 0 Å². The third-order valence-electron chi connectivity index (χ3n) is 6.16. The van der Waals surface area contributed by atoms with E-state index in [4.69, 9.17) is 0 Å². The molecule has 0 N–H and O–H groups in total. The Labute approximate surface area is 218 Å². The summed E-state index contributed by atoms with van der Waals surface area (Å²) in [5.41, 5.74) is -0.247. The Morgan fingerprint density at radius 1 is 0.676 bits per heavy atom. The molecular formula is C25H40N6O6+2. The second-order valence-corrected chi connectivity index (χ2v) is 11.5. The minimum atomic E-state index is -1.27. The van der Waals surface area contributed by atoms with E-state index < -0.39 is 41.6 Å². The highest BCUT2D eigenvalue weighted by Crippen LogP contribution is 2.20. The van der Waals surface area contributed by atoms with Crippen molar-refractivity contribution in [3.63, 3.8) is 0 Å². The summed E-state index contributed by atoms with van der Waals surface area (Å²) in [5, 5.41) is 0. The van der Waals surface area contributed by atoms with Gasteiger partial charge in [-0.3, -0.25) is 38.8 Å². The third-order valence-corrected chi connectivity index (χ3v) is 6.16. The Kier molecular flexibility index (Phi) is 9.15. The van der Waals surface area contributed by atoms with Crippen LogP contribution in [0, 0.1) is 5.92 Å². The Bertz CT molecular complexity index is 1040. The summed E-state index contributed by atoms with van der Waals surface area (Å²) in [6.07, 6.45) is 4.89. The van der Waals surface area contributed by atoms with E-state index >= 15 is 0 Å². The minimum Gasteiger partial charge on any atom is -0.331 e. The molecule has 0 spiro atoms. The summed E-state index contributed by atoms with van der Waals surface area (Å²) in [7, 11) is 14.6. The predicted molar refractivity (Wildman–Crippen MR) is 136 cm³/mol. The first kappa shape index (κ1) is 29.8. The molecule has 12 nitrogen and oxygen atoms in total. The number of carbonyl (C=O) groups is 6. The van der Waals surface area contributed by atoms with Crippen molar-refractivity contribution in [1.82, 2.24) is 19.6 Å². The largest absolute Gasteiger partial charge is 0.333 e. The quantitative estimate of drug-likeness (QED) is 0.175. The first-order valence-corrected chi connectivity index (χ1v) is 12.2. The van der Waals surface area contributed by atoms with E-state index in [-0.39, 0.29) is 18.7 Å². The van der Waals surface area contributed by atoms with Gasteiger partial charge in [0.15, 0.2) is 0 Å². The molecule has 0 saturated carbocycles. The van der Waals surface area contributed by atoms with Crippen LogP contribution in [-0.2, 0) is 19.2 Å². The summed E-state index contributed by atoms with van der Waals surface area (Å²) >= 11 is 0. The molecule has 0 radical (unpaired) electrons. The molecular weight excluding hydrogens is 480 g/mol. The van der Waals surface area contributed by atoms with E-state index in [0.29, 0.717) is 21.8 Å². The smallest absolute Gasteiger partial charge is 0.331 e. The van der Waals surface area contributed by atoms with Crippen LogP contribution in [0.15, 0.2) is 23.8 Å². The molecule has 8 amide bonds. The van der Waals surface area contributed by atoms with Crippen molar-refractivity contribution in [2.45, 2.75) is 12.8 Å². The number of carbonyl (C=O) groups excluding carboxylic acids is 6. The SMILES string of the molecule is CN1C(=O)C(=CC=CC2C(=O)N(C)C(=O)N(CCC[N+](C)(C)C)C2=O)C(=O)N(CCC[N+](C)(C)C)C1=O. The number of quaternary nitrogens is 2. The molecule has 2 heterocycles. The Morgan fingerprint density at radius 2 is 1.16 bits per heavy atom. The van der Waals surface area contributed by atoms with Gasteiger partial charge in [-0.2, -0.15) is 0 Å². The van der Waals surface area contributed by atoms with Crippen molar-refractivity contribution in [1.29, 1.82) is 0 Å². The van der Waals surface area contributed by atoms with Gasteiger partial charge in [-0.05, 0) is 6.08 Å². The molecule has 2 saturated heterocycles. The number of likely N-dealkylation sites (N-methyl/N-ethyl adjacent to an activating group) is 1. The third kappa shape index (κ3) is 7.32. The van der Waals surface area contributed by atoms with Crippen molar-refractivity contribution in [2.24, 2.45) is 5.92 Å². The van der Waals surface area contributed by atoms with Gasteiger partial charge in [-0.15, -0.1) is 0 Å². The Morgan fingerprint density at radius 3 is 1.68 bits per heavy atom. The predicted octanol–water partition coefficient (Wildman–Crippen LogP) is 0.119. The van der Waals surface area contributed by atoms with Gasteiger partial charge in [0, 0.05) is 40.0 Å². The van der Waals surface area contributed by atoms with Gasteiger partial charge in [0.1, 0.15) is 11.5 Å². The van der Waals surface area contributed by atoms with Gasteiger partial charge < -0.3 is 8.97 Å². The van der Waals surface area contributed by atoms with Gasteiger partial charge >= 0.3 is 12.1 Å². The average molecular weight is 521 g/mol. The standard InChI is InChI=1S/C25H40N6O6/c1-26-20(32)18(22(34)28(24(26)36)14-10-16-30(3,4)5)12-9-13-19-21(33)27(2)25(37)29(23(19)35)15-11-17-31(6,7)8/h9,12-13,18H,10-11,14-17H2,1-8H3/q+2. The molecule has 2 fully saturated rings. The normalized spacial score (nSPS) is 21.4. The highest BCUT2D eigenvalue weighted by Gasteiger charge is 2.43. The van der Waals surface area contributed by atoms with Gasteiger partial charge in [0.05, 0.1) is 55.4 Å². The van der Waals surface area contributed by atoms with Crippen molar-refractivity contribution in [3.8, 4) is 0 Å². The van der Waals surface area contributed by atoms with E-state index in [1.54, 1.807) is 0 Å². The number of urea groups is 2. The van der Waals surface area contributed by atoms with E-state index in [1.165, 1.54) is 32.3 Å². The maximum Gasteiger partial charge on any atom is 0.333 e. The highest BCUT2D eigenvalue weighted by molar-refractivity contribution is 6.28. The molecule has 0 aliphatic carbocycles. The molecule has 0 bridgehead atoms. The fourth-order valence-corrected chi connectivity index (χ4v) is 4.00. The van der Waals surface area contributed by atoms with Crippen LogP contribution in [0.3, 0.4) is 0 Å². The molecule has 1 unspecified atom stereocenters. The second-order valence-electron chi connectivity index (χ2n) is 11.5. The van der Waals surface area contributed by atoms with Crippen LogP contribution in [0.25, 0.3) is 0 Å². The minimum absolute atomic E-state index is 0.153. The highest BCUT2D eigenvalue weighted by atomic mass is 16.2. The monoisotopic (exact) mass is 520 g/mol. The molecule has 0 aromatic heterocycles. The van der Waals surface area contributed by atoms with Crippen molar-refractivity contribution in [3.05, 3.63) is 23.8 Å². The van der Waals surface area contributed by atoms with E-state index in [2.05, 4.69) is 0 Å². The van der Waals surface area contributed by atoms with Gasteiger partial charge in [0.25, 0.3) is 11.8 Å². The molecule has 2 rings (SSSR count). The Hall–Kier alpha value is -3.38. The number of amides is 8. The van der Waals surface area contributed by atoms with E-state index in [9.17, 15) is 28.8 Å². The first-order chi connectivity index (χ1) is 17.0. The summed E-state index contributed by atoms with van der Waals surface area (Å²) in [6.45, 7) is 1.77. The molecule has 204 valence electrons. The molecule has 2 aliphatic heterocycles. The summed E-state index contributed by atoms with van der Waals surface area (Å²) in [4.78, 5) is 80.2. The average Bonchev–Trinajstić information content (AvgIpc) is 2.78. The molecule has 0 aromatic rings. The number of rotatable bonds is 10. The lowest BCUT2D eigenvalue weighted by molar-refractivity contribution is -0.870. The molecule has 1 atom stereocenters. The van der Waals surface area contributed by atoms with Crippen LogP contribution in [0.4, 0.5) is 9.59 Å². The molecule has 12 heteroatoms. The van der Waals surface area contributed by atoms with Crippen LogP contribution >= 0.6 is 0 Å². The summed E-state index contributed by atoms with van der Waals surface area (Å²) in [5.74, 6) is -4.10. The van der Waals surface area contributed by atoms with Gasteiger partial charge in [-0.1, -0.05) is 12.2 Å². The number of allylic oxidation sites excluding steroid dienone is 2. The lowest BCUT2D eigenvalue weighted by Crippen LogP contribution is -2.58. The van der Waals surface area contributed by atoms with Crippen LogP contribution in [0.5, 0.6) is 0 Å². The van der Waals surface area contributed by atoms with Crippen molar-refractivity contribution >= 4 is 35.7 Å². The van der Waals surface area contributed by atoms with Gasteiger partial charge in [0.2, 0.25) is 11.8 Å². The lowest BCUT2D eigenvalue weighted by atomic mass is 10.0. The zero-order valence-electron chi connectivity index (χ0n) is 23.2. The number of nitrogens with zero attached hydrogens (tertiary/aromatic N) is 6. The number of hydrogen-bond acceptors (Lipinski definition) is 6. The molecule has 37 heavy (non-hydrogen) atoms. The molecule has 0 aromatic carbocycles. The zero-order valence-corrected chi connectivity index (χ0v) is 23.2. The van der Waals surface area contributed by atoms with Gasteiger partial charge in [-0.25, -0.2) is 9.59 Å². The van der Waals surface area contributed by atoms with E-state index in [0.717, 1.165) is 32.7 Å². The fraction of sp³-hybridized carbons (Fsp3) is 0.600. The topological polar surface area (TPSA) is 115 Å². The Balaban J connectivity index is 2.22. The zero-order chi connectivity index (χ0) is 28.3.